The summed E-state index contributed by atoms with van der Waals surface area (Å²) in [5, 5.41) is 2.23. The van der Waals surface area contributed by atoms with Gasteiger partial charge in [0.1, 0.15) is 11.2 Å². The van der Waals surface area contributed by atoms with Crippen LogP contribution in [-0.4, -0.2) is 6.71 Å². The van der Waals surface area contributed by atoms with Crippen molar-refractivity contribution in [2.75, 3.05) is 9.80 Å². The minimum absolute atomic E-state index is 0.00114. The Morgan fingerprint density at radius 2 is 1.06 bits per heavy atom. The molecule has 0 atom stereocenters. The van der Waals surface area contributed by atoms with E-state index in [1.807, 2.05) is 12.3 Å². The zero-order valence-corrected chi connectivity index (χ0v) is 40.6. The Morgan fingerprint density at radius 3 is 1.74 bits per heavy atom. The standard InChI is InChI=1S/C61H59BN2O2/c1-36-29-42(60(7,8)9)30-37(2)55(36)64-51-23-18-22-50-54(51)62(58-57(64)46-33-41(59(4,5)6)26-28-53(46)66-58)48-32-40(47-35-65-52-24-17-16-21-44(47)52)25-27-49(48)63(50)56-38(3)31-43(61(10,11)12)34-45(56)39-19-14-13-15-20-39/h13-35H,1-12H3. The Morgan fingerprint density at radius 1 is 0.439 bits per heavy atom. The van der Waals surface area contributed by atoms with Crippen molar-refractivity contribution in [2.45, 2.75) is 99.3 Å². The third kappa shape index (κ3) is 6.49. The third-order valence-electron chi connectivity index (χ3n) is 14.3. The highest BCUT2D eigenvalue weighted by atomic mass is 16.3. The molecule has 2 aromatic heterocycles. The maximum absolute atomic E-state index is 7.41. The second kappa shape index (κ2) is 14.6. The molecular weight excluding hydrogens is 803 g/mol. The van der Waals surface area contributed by atoms with Crippen molar-refractivity contribution < 1.29 is 8.83 Å². The number of rotatable bonds is 4. The van der Waals surface area contributed by atoms with E-state index in [2.05, 4.69) is 220 Å². The fraction of sp³-hybridized carbons (Fsp3) is 0.246. The van der Waals surface area contributed by atoms with E-state index in [4.69, 9.17) is 8.83 Å². The molecule has 9 aromatic rings. The Hall–Kier alpha value is -6.72. The summed E-state index contributed by atoms with van der Waals surface area (Å²) in [4.78, 5) is 5.13. The molecule has 2 aliphatic rings. The summed E-state index contributed by atoms with van der Waals surface area (Å²) in [5.41, 5.74) is 24.3. The second-order valence-corrected chi connectivity index (χ2v) is 22.0. The monoisotopic (exact) mass is 862 g/mol. The third-order valence-corrected chi connectivity index (χ3v) is 14.3. The highest BCUT2D eigenvalue weighted by molar-refractivity contribution is 7.00. The number of aryl methyl sites for hydroxylation is 3. The van der Waals surface area contributed by atoms with Gasteiger partial charge in [-0.25, -0.2) is 0 Å². The Balaban J connectivity index is 1.27. The van der Waals surface area contributed by atoms with Gasteiger partial charge in [-0.2, -0.15) is 0 Å². The van der Waals surface area contributed by atoms with Crippen LogP contribution in [0.4, 0.5) is 34.1 Å². The van der Waals surface area contributed by atoms with E-state index in [-0.39, 0.29) is 23.0 Å². The van der Waals surface area contributed by atoms with Crippen molar-refractivity contribution in [2.24, 2.45) is 0 Å². The van der Waals surface area contributed by atoms with Crippen LogP contribution in [0.25, 0.3) is 44.2 Å². The number of nitrogens with zero attached hydrogens (tertiary/aromatic N) is 2. The van der Waals surface area contributed by atoms with Crippen LogP contribution in [0.3, 0.4) is 0 Å². The molecule has 7 aromatic carbocycles. The van der Waals surface area contributed by atoms with Crippen molar-refractivity contribution in [1.29, 1.82) is 0 Å². The van der Waals surface area contributed by atoms with Crippen molar-refractivity contribution in [3.05, 3.63) is 173 Å². The summed E-state index contributed by atoms with van der Waals surface area (Å²) < 4.78 is 13.6. The van der Waals surface area contributed by atoms with Crippen LogP contribution >= 0.6 is 0 Å². The molecule has 0 spiro atoms. The van der Waals surface area contributed by atoms with Crippen LogP contribution in [0.1, 0.15) is 95.7 Å². The van der Waals surface area contributed by atoms with Gasteiger partial charge in [-0.05, 0) is 135 Å². The molecule has 5 heteroatoms. The fourth-order valence-electron chi connectivity index (χ4n) is 10.8. The Kier molecular flexibility index (Phi) is 9.31. The number of para-hydroxylation sites is 1. The molecule has 0 unspecified atom stereocenters. The molecule has 0 aliphatic carbocycles. The fourth-order valence-corrected chi connectivity index (χ4v) is 10.8. The highest BCUT2D eigenvalue weighted by Gasteiger charge is 2.48. The van der Waals surface area contributed by atoms with Gasteiger partial charge in [0.2, 0.25) is 0 Å². The lowest BCUT2D eigenvalue weighted by Gasteiger charge is -2.44. The number of hydrogen-bond donors (Lipinski definition) is 0. The summed E-state index contributed by atoms with van der Waals surface area (Å²) >= 11 is 0. The molecule has 0 amide bonds. The molecule has 2 aliphatic heterocycles. The first-order valence-corrected chi connectivity index (χ1v) is 23.6. The van der Waals surface area contributed by atoms with Gasteiger partial charge in [-0.1, -0.05) is 153 Å². The van der Waals surface area contributed by atoms with Crippen LogP contribution in [0.2, 0.25) is 0 Å². The van der Waals surface area contributed by atoms with Gasteiger partial charge < -0.3 is 18.6 Å². The van der Waals surface area contributed by atoms with E-state index in [0.717, 1.165) is 55.8 Å². The van der Waals surface area contributed by atoms with Crippen LogP contribution in [0, 0.1) is 20.8 Å². The molecule has 0 fully saturated rings. The average Bonchev–Trinajstić information content (AvgIpc) is 3.88. The first kappa shape index (κ1) is 42.0. The Labute approximate surface area is 391 Å². The predicted molar refractivity (Wildman–Crippen MR) is 281 cm³/mol. The summed E-state index contributed by atoms with van der Waals surface area (Å²) in [5.74, 6) is 0. The number of benzene rings is 7. The number of hydrogen-bond acceptors (Lipinski definition) is 4. The molecule has 66 heavy (non-hydrogen) atoms. The lowest BCUT2D eigenvalue weighted by Crippen LogP contribution is -2.61. The van der Waals surface area contributed by atoms with Gasteiger partial charge in [-0.15, -0.1) is 0 Å². The van der Waals surface area contributed by atoms with Gasteiger partial charge in [0.15, 0.2) is 0 Å². The first-order valence-electron chi connectivity index (χ1n) is 23.6. The van der Waals surface area contributed by atoms with Crippen LogP contribution in [0.15, 0.2) is 149 Å². The molecule has 0 radical (unpaired) electrons. The molecule has 0 bridgehead atoms. The maximum Gasteiger partial charge on any atom is 0.297 e. The van der Waals surface area contributed by atoms with Crippen molar-refractivity contribution in [3.8, 4) is 22.3 Å². The highest BCUT2D eigenvalue weighted by Crippen LogP contribution is 2.51. The lowest BCUT2D eigenvalue weighted by molar-refractivity contribution is 0.589. The molecule has 0 saturated carbocycles. The summed E-state index contributed by atoms with van der Waals surface area (Å²) in [6, 6.07) is 49.8. The van der Waals surface area contributed by atoms with Gasteiger partial charge in [0.05, 0.1) is 29.0 Å². The van der Waals surface area contributed by atoms with Crippen molar-refractivity contribution in [1.82, 2.24) is 0 Å². The van der Waals surface area contributed by atoms with Crippen LogP contribution < -0.4 is 26.4 Å². The second-order valence-electron chi connectivity index (χ2n) is 22.0. The summed E-state index contributed by atoms with van der Waals surface area (Å²) in [7, 11) is 0. The van der Waals surface area contributed by atoms with Gasteiger partial charge in [0, 0.05) is 39.0 Å². The van der Waals surface area contributed by atoms with Crippen LogP contribution in [0.5, 0.6) is 0 Å². The molecule has 11 rings (SSSR count). The normalized spacial score (nSPS) is 13.7. The molecule has 4 heterocycles. The smallest absolute Gasteiger partial charge is 0.297 e. The number of anilines is 6. The molecule has 328 valence electrons. The zero-order chi connectivity index (χ0) is 46.2. The SMILES string of the molecule is Cc1cc(C(C)(C)C)cc(C)c1N1c2cccc3c2B(c2cc(-c4coc5ccccc45)ccc2N3c2c(C)cc(C(C)(C)C)cc2-c2ccccc2)c2oc3ccc(C(C)(C)C)cc3c21. The molecule has 4 nitrogen and oxygen atoms in total. The summed E-state index contributed by atoms with van der Waals surface area (Å²) in [6.07, 6.45) is 1.92. The van der Waals surface area contributed by atoms with Crippen molar-refractivity contribution in [3.63, 3.8) is 0 Å². The van der Waals surface area contributed by atoms with E-state index >= 15 is 0 Å². The minimum Gasteiger partial charge on any atom is -0.468 e. The van der Waals surface area contributed by atoms with E-state index < -0.39 is 0 Å². The molecule has 0 N–H and O–H groups in total. The van der Waals surface area contributed by atoms with Gasteiger partial charge >= 0.3 is 0 Å². The van der Waals surface area contributed by atoms with E-state index in [9.17, 15) is 0 Å². The van der Waals surface area contributed by atoms with Crippen LogP contribution in [-0.2, 0) is 16.2 Å². The topological polar surface area (TPSA) is 32.8 Å². The van der Waals surface area contributed by atoms with E-state index in [1.54, 1.807) is 0 Å². The van der Waals surface area contributed by atoms with Gasteiger partial charge in [-0.3, -0.25) is 0 Å². The van der Waals surface area contributed by atoms with Crippen molar-refractivity contribution >= 4 is 79.4 Å². The zero-order valence-electron chi connectivity index (χ0n) is 40.6. The average molecular weight is 863 g/mol. The van der Waals surface area contributed by atoms with E-state index in [1.165, 1.54) is 72.5 Å². The molecular formula is C61H59BN2O2. The quantitative estimate of drug-likeness (QED) is 0.165. The summed E-state index contributed by atoms with van der Waals surface area (Å²) in [6.45, 7) is 27.4. The maximum atomic E-state index is 7.41. The lowest BCUT2D eigenvalue weighted by atomic mass is 9.35. The first-order chi connectivity index (χ1) is 31.4. The largest absolute Gasteiger partial charge is 0.468 e. The number of fused-ring (bicyclic) bond motifs is 7. The predicted octanol–water partition coefficient (Wildman–Crippen LogP) is 15.4. The Bertz CT molecular complexity index is 3400. The minimum atomic E-state index is -0.207. The van der Waals surface area contributed by atoms with Gasteiger partial charge in [0.25, 0.3) is 6.71 Å². The molecule has 0 saturated heterocycles. The van der Waals surface area contributed by atoms with E-state index in [0.29, 0.717) is 0 Å². The number of furan rings is 2.